The molecule has 0 aromatic heterocycles. The van der Waals surface area contributed by atoms with Gasteiger partial charge < -0.3 is 15.2 Å². The van der Waals surface area contributed by atoms with E-state index in [9.17, 15) is 9.59 Å². The Kier molecular flexibility index (Phi) is 11.7. The zero-order valence-electron chi connectivity index (χ0n) is 19.0. The molecule has 0 saturated carbocycles. The maximum atomic E-state index is 12.3. The normalized spacial score (nSPS) is 11.9. The molecule has 2 aromatic carbocycles. The average Bonchev–Trinajstić information content (AvgIpc) is 2.81. The maximum Gasteiger partial charge on any atom is 0.303 e. The number of unbranched alkanes of at least 4 members (excludes halogenated alkanes) is 4. The quantitative estimate of drug-likeness (QED) is 0.265. The molecule has 0 radical (unpaired) electrons. The third kappa shape index (κ3) is 10.3. The van der Waals surface area contributed by atoms with Gasteiger partial charge in [-0.25, -0.2) is 0 Å². The van der Waals surface area contributed by atoms with E-state index in [0.29, 0.717) is 18.6 Å². The third-order valence-electron chi connectivity index (χ3n) is 5.16. The van der Waals surface area contributed by atoms with Crippen LogP contribution in [0.4, 0.5) is 0 Å². The van der Waals surface area contributed by atoms with Crippen LogP contribution in [-0.4, -0.2) is 29.6 Å². The summed E-state index contributed by atoms with van der Waals surface area (Å²) in [6, 6.07) is 17.4. The van der Waals surface area contributed by atoms with Crippen LogP contribution in [-0.2, 0) is 9.59 Å². The Balaban J connectivity index is 1.87. The van der Waals surface area contributed by atoms with Gasteiger partial charge in [-0.15, -0.1) is 0 Å². The van der Waals surface area contributed by atoms with Gasteiger partial charge >= 0.3 is 5.97 Å². The molecule has 5 heteroatoms. The predicted molar refractivity (Wildman–Crippen MR) is 129 cm³/mol. The van der Waals surface area contributed by atoms with E-state index in [1.165, 1.54) is 19.3 Å². The molecular weight excluding hydrogens is 402 g/mol. The number of rotatable bonds is 15. The minimum atomic E-state index is -0.887. The third-order valence-corrected chi connectivity index (χ3v) is 5.16. The summed E-state index contributed by atoms with van der Waals surface area (Å²) >= 11 is 0. The second-order valence-electron chi connectivity index (χ2n) is 7.93. The molecule has 0 unspecified atom stereocenters. The van der Waals surface area contributed by atoms with Gasteiger partial charge in [-0.3, -0.25) is 9.59 Å². The highest BCUT2D eigenvalue weighted by molar-refractivity contribution is 5.77. The van der Waals surface area contributed by atoms with Crippen molar-refractivity contribution in [3.05, 3.63) is 66.7 Å². The lowest BCUT2D eigenvalue weighted by atomic mass is 10.1. The summed E-state index contributed by atoms with van der Waals surface area (Å²) in [5.41, 5.74) is 2.13. The van der Waals surface area contributed by atoms with E-state index in [4.69, 9.17) is 9.84 Å². The fourth-order valence-electron chi connectivity index (χ4n) is 3.37. The van der Waals surface area contributed by atoms with Crippen molar-refractivity contribution in [1.82, 2.24) is 5.32 Å². The van der Waals surface area contributed by atoms with Crippen molar-refractivity contribution in [2.75, 3.05) is 6.61 Å². The summed E-state index contributed by atoms with van der Waals surface area (Å²) in [5.74, 6) is -0.318. The van der Waals surface area contributed by atoms with Gasteiger partial charge in [0.05, 0.1) is 6.04 Å². The number of ether oxygens (including phenoxy) is 1. The van der Waals surface area contributed by atoms with Crippen molar-refractivity contribution in [3.63, 3.8) is 0 Å². The summed E-state index contributed by atoms with van der Waals surface area (Å²) in [5, 5.41) is 12.0. The molecule has 0 aliphatic carbocycles. The lowest BCUT2D eigenvalue weighted by Crippen LogP contribution is -2.39. The first kappa shape index (κ1) is 25.2. The number of amides is 1. The van der Waals surface area contributed by atoms with Gasteiger partial charge in [-0.05, 0) is 42.5 Å². The van der Waals surface area contributed by atoms with Crippen LogP contribution in [0.25, 0.3) is 11.1 Å². The Morgan fingerprint density at radius 2 is 1.78 bits per heavy atom. The number of nitrogens with one attached hydrogen (secondary N) is 1. The van der Waals surface area contributed by atoms with Gasteiger partial charge in [-0.2, -0.15) is 0 Å². The highest BCUT2D eigenvalue weighted by Crippen LogP contribution is 2.23. The molecule has 0 aliphatic rings. The first-order valence-corrected chi connectivity index (χ1v) is 11.5. The van der Waals surface area contributed by atoms with E-state index in [0.717, 1.165) is 24.0 Å². The predicted octanol–water partition coefficient (Wildman–Crippen LogP) is 6.00. The Morgan fingerprint density at radius 1 is 1.00 bits per heavy atom. The second kappa shape index (κ2) is 14.8. The highest BCUT2D eigenvalue weighted by atomic mass is 16.5. The van der Waals surface area contributed by atoms with Crippen LogP contribution in [0.5, 0.6) is 5.75 Å². The first-order chi connectivity index (χ1) is 15.6. The number of carboxylic acid groups (broad SMARTS) is 1. The van der Waals surface area contributed by atoms with Crippen LogP contribution in [0.2, 0.25) is 0 Å². The van der Waals surface area contributed by atoms with E-state index in [1.54, 1.807) is 0 Å². The largest absolute Gasteiger partial charge is 0.491 e. The van der Waals surface area contributed by atoms with Crippen molar-refractivity contribution >= 4 is 11.9 Å². The number of hydrogen-bond donors (Lipinski definition) is 2. The van der Waals surface area contributed by atoms with Crippen LogP contribution in [0, 0.1) is 0 Å². The molecule has 5 nitrogen and oxygen atoms in total. The zero-order chi connectivity index (χ0) is 23.0. The summed E-state index contributed by atoms with van der Waals surface area (Å²) in [6.45, 7) is 2.41. The van der Waals surface area contributed by atoms with Crippen LogP contribution < -0.4 is 10.1 Å². The second-order valence-corrected chi connectivity index (χ2v) is 7.93. The number of aliphatic carboxylic acids is 1. The maximum absolute atomic E-state index is 12.3. The molecule has 2 N–H and O–H groups in total. The molecule has 172 valence electrons. The number of benzene rings is 2. The van der Waals surface area contributed by atoms with Crippen LogP contribution in [0.1, 0.15) is 58.3 Å². The topological polar surface area (TPSA) is 75.6 Å². The van der Waals surface area contributed by atoms with Gasteiger partial charge in [0.1, 0.15) is 12.4 Å². The molecule has 1 amide bonds. The summed E-state index contributed by atoms with van der Waals surface area (Å²) in [6.07, 6.45) is 10.3. The average molecular weight is 438 g/mol. The molecule has 0 fully saturated rings. The summed E-state index contributed by atoms with van der Waals surface area (Å²) in [7, 11) is 0. The van der Waals surface area contributed by atoms with E-state index in [-0.39, 0.29) is 25.0 Å². The Labute approximate surface area is 191 Å². The number of carbonyl (C=O) groups is 2. The first-order valence-electron chi connectivity index (χ1n) is 11.5. The Bertz CT molecular complexity index is 848. The number of hydrogen-bond acceptors (Lipinski definition) is 3. The van der Waals surface area contributed by atoms with E-state index < -0.39 is 5.97 Å². The molecule has 0 spiro atoms. The van der Waals surface area contributed by atoms with Crippen molar-refractivity contribution in [2.45, 2.75) is 64.3 Å². The van der Waals surface area contributed by atoms with E-state index in [2.05, 4.69) is 12.2 Å². The van der Waals surface area contributed by atoms with Crippen LogP contribution in [0.3, 0.4) is 0 Å². The van der Waals surface area contributed by atoms with E-state index >= 15 is 0 Å². The van der Waals surface area contributed by atoms with Gasteiger partial charge in [0.2, 0.25) is 5.91 Å². The van der Waals surface area contributed by atoms with Gasteiger partial charge in [0.15, 0.2) is 0 Å². The monoisotopic (exact) mass is 437 g/mol. The van der Waals surface area contributed by atoms with Gasteiger partial charge in [0, 0.05) is 12.8 Å². The Hall–Kier alpha value is -3.08. The van der Waals surface area contributed by atoms with Crippen molar-refractivity contribution in [1.29, 1.82) is 0 Å². The molecule has 2 aromatic rings. The lowest BCUT2D eigenvalue weighted by Gasteiger charge is -2.19. The minimum absolute atomic E-state index is 0.0222. The van der Waals surface area contributed by atoms with E-state index in [1.807, 2.05) is 66.7 Å². The van der Waals surface area contributed by atoms with Crippen LogP contribution >= 0.6 is 0 Å². The Morgan fingerprint density at radius 3 is 2.53 bits per heavy atom. The van der Waals surface area contributed by atoms with Crippen LogP contribution in [0.15, 0.2) is 66.7 Å². The summed E-state index contributed by atoms with van der Waals surface area (Å²) in [4.78, 5) is 23.3. The molecule has 0 saturated heterocycles. The number of carbonyl (C=O) groups excluding carboxylic acids is 1. The molecular formula is C27H35NO4. The van der Waals surface area contributed by atoms with Gasteiger partial charge in [-0.1, -0.05) is 80.8 Å². The minimum Gasteiger partial charge on any atom is -0.491 e. The molecule has 0 aliphatic heterocycles. The standard InChI is InChI=1S/C27H35NO4/c1-2-3-4-5-6-7-11-17-26(29)28-24(18-19-27(30)31)21-32-25-16-12-15-23(20-25)22-13-9-8-10-14-22/h7-16,20,24H,2-6,17-19,21H2,1H3,(H,28,29)(H,30,31)/t24-/m0/s1. The fraction of sp³-hybridized carbons (Fsp3) is 0.407. The lowest BCUT2D eigenvalue weighted by molar-refractivity contribution is -0.137. The molecule has 32 heavy (non-hydrogen) atoms. The summed E-state index contributed by atoms with van der Waals surface area (Å²) < 4.78 is 5.92. The number of allylic oxidation sites excluding steroid dienone is 1. The van der Waals surface area contributed by atoms with Gasteiger partial charge in [0.25, 0.3) is 0 Å². The molecule has 1 atom stereocenters. The zero-order valence-corrected chi connectivity index (χ0v) is 19.0. The van der Waals surface area contributed by atoms with Crippen molar-refractivity contribution in [2.24, 2.45) is 0 Å². The SMILES string of the molecule is CCCCCCC=CCC(=O)N[C@@H](CCC(=O)O)COc1cccc(-c2ccccc2)c1. The van der Waals surface area contributed by atoms with Crippen molar-refractivity contribution < 1.29 is 19.4 Å². The smallest absolute Gasteiger partial charge is 0.303 e. The fourth-order valence-corrected chi connectivity index (χ4v) is 3.37. The highest BCUT2D eigenvalue weighted by Gasteiger charge is 2.15. The van der Waals surface area contributed by atoms with Crippen molar-refractivity contribution in [3.8, 4) is 16.9 Å². The molecule has 0 heterocycles. The number of carboxylic acids is 1. The molecule has 0 bridgehead atoms. The molecule has 2 rings (SSSR count).